The van der Waals surface area contributed by atoms with Crippen LogP contribution in [0.4, 0.5) is 0 Å². The molecule has 0 saturated carbocycles. The van der Waals surface area contributed by atoms with E-state index in [1.54, 1.807) is 0 Å². The van der Waals surface area contributed by atoms with E-state index >= 15 is 0 Å². The number of benzene rings is 2. The van der Waals surface area contributed by atoms with E-state index in [2.05, 4.69) is 45.1 Å². The predicted molar refractivity (Wildman–Crippen MR) is 106 cm³/mol. The molecule has 0 spiro atoms. The third-order valence-corrected chi connectivity index (χ3v) is 4.33. The van der Waals surface area contributed by atoms with Crippen LogP contribution in [-0.4, -0.2) is 37.0 Å². The summed E-state index contributed by atoms with van der Waals surface area (Å²) in [6.07, 6.45) is 0. The summed E-state index contributed by atoms with van der Waals surface area (Å²) in [7, 11) is 4.15. The third-order valence-electron chi connectivity index (χ3n) is 4.33. The van der Waals surface area contributed by atoms with E-state index in [0.29, 0.717) is 17.6 Å². The van der Waals surface area contributed by atoms with Crippen molar-refractivity contribution in [1.82, 2.24) is 10.2 Å². The molecule has 0 aromatic heterocycles. The number of likely N-dealkylation sites (N-methyl/N-ethyl adjacent to an activating group) is 1. The maximum Gasteiger partial charge on any atom is 0.338 e. The van der Waals surface area contributed by atoms with Crippen LogP contribution in [0.25, 0.3) is 0 Å². The van der Waals surface area contributed by atoms with Gasteiger partial charge in [-0.1, -0.05) is 56.3 Å². The number of hydrogen-bond donors (Lipinski definition) is 1. The summed E-state index contributed by atoms with van der Waals surface area (Å²) >= 11 is 0. The van der Waals surface area contributed by atoms with Gasteiger partial charge < -0.3 is 15.0 Å². The van der Waals surface area contributed by atoms with Gasteiger partial charge in [-0.05, 0) is 44.3 Å². The predicted octanol–water partition coefficient (Wildman–Crippen LogP) is 4.03. The van der Waals surface area contributed by atoms with E-state index < -0.39 is 0 Å². The van der Waals surface area contributed by atoms with Gasteiger partial charge in [0, 0.05) is 18.1 Å². The number of carbonyl (C=O) groups is 1. The number of nitrogens with zero attached hydrogens (tertiary/aromatic N) is 1. The van der Waals surface area contributed by atoms with Gasteiger partial charge >= 0.3 is 5.97 Å². The summed E-state index contributed by atoms with van der Waals surface area (Å²) in [6.45, 7) is 6.77. The number of nitrogens with one attached hydrogen (secondary N) is 1. The second-order valence-electron chi connectivity index (χ2n) is 7.20. The van der Waals surface area contributed by atoms with Crippen LogP contribution in [-0.2, 0) is 11.3 Å². The monoisotopic (exact) mass is 354 g/mol. The highest BCUT2D eigenvalue weighted by Crippen LogP contribution is 2.23. The van der Waals surface area contributed by atoms with Crippen molar-refractivity contribution in [3.8, 4) is 0 Å². The Hall–Kier alpha value is -2.17. The normalized spacial score (nSPS) is 13.7. The maximum atomic E-state index is 12.3. The fraction of sp³-hybridized carbons (Fsp3) is 0.409. The Morgan fingerprint density at radius 2 is 1.62 bits per heavy atom. The fourth-order valence-corrected chi connectivity index (χ4v) is 3.27. The molecule has 2 aromatic rings. The second-order valence-corrected chi connectivity index (χ2v) is 7.20. The van der Waals surface area contributed by atoms with Crippen molar-refractivity contribution < 1.29 is 9.53 Å². The van der Waals surface area contributed by atoms with Crippen LogP contribution in [0.1, 0.15) is 48.3 Å². The van der Waals surface area contributed by atoms with Gasteiger partial charge in [-0.3, -0.25) is 0 Å². The first-order valence-corrected chi connectivity index (χ1v) is 9.12. The Bertz CT molecular complexity index is 681. The Kier molecular flexibility index (Phi) is 7.37. The van der Waals surface area contributed by atoms with E-state index in [0.717, 1.165) is 5.56 Å². The van der Waals surface area contributed by atoms with E-state index in [-0.39, 0.29) is 18.6 Å². The first kappa shape index (κ1) is 20.1. The average Bonchev–Trinajstić information content (AvgIpc) is 2.60. The van der Waals surface area contributed by atoms with Gasteiger partial charge in [-0.25, -0.2) is 4.79 Å². The molecule has 0 fully saturated rings. The maximum absolute atomic E-state index is 12.3. The summed E-state index contributed by atoms with van der Waals surface area (Å²) < 4.78 is 5.40. The number of hydrogen-bond acceptors (Lipinski definition) is 4. The summed E-state index contributed by atoms with van der Waals surface area (Å²) in [5.41, 5.74) is 2.74. The van der Waals surface area contributed by atoms with Gasteiger partial charge in [0.1, 0.15) is 6.61 Å². The van der Waals surface area contributed by atoms with Gasteiger partial charge in [0.05, 0.1) is 5.56 Å². The summed E-state index contributed by atoms with van der Waals surface area (Å²) in [6, 6.07) is 18.4. The largest absolute Gasteiger partial charge is 0.457 e. The quantitative estimate of drug-likeness (QED) is 0.727. The molecule has 0 heterocycles. The van der Waals surface area contributed by atoms with Crippen LogP contribution in [0.3, 0.4) is 0 Å². The number of carbonyl (C=O) groups excluding carboxylic acids is 1. The Balaban J connectivity index is 2.04. The van der Waals surface area contributed by atoms with Crippen molar-refractivity contribution in [3.05, 3.63) is 71.3 Å². The molecule has 0 aliphatic carbocycles. The summed E-state index contributed by atoms with van der Waals surface area (Å²) in [5.74, 6) is -0.296. The fourth-order valence-electron chi connectivity index (χ4n) is 3.27. The van der Waals surface area contributed by atoms with Crippen molar-refractivity contribution in [2.45, 2.75) is 45.5 Å². The molecule has 140 valence electrons. The summed E-state index contributed by atoms with van der Waals surface area (Å²) in [5, 5.41) is 3.57. The molecular weight excluding hydrogens is 324 g/mol. The molecule has 0 radical (unpaired) electrons. The molecular formula is C22H30N2O2. The van der Waals surface area contributed by atoms with Crippen LogP contribution in [0.15, 0.2) is 54.6 Å². The van der Waals surface area contributed by atoms with Crippen molar-refractivity contribution in [3.63, 3.8) is 0 Å². The van der Waals surface area contributed by atoms with Crippen molar-refractivity contribution in [2.24, 2.45) is 0 Å². The zero-order valence-electron chi connectivity index (χ0n) is 16.4. The molecule has 0 aliphatic rings. The minimum atomic E-state index is -0.296. The summed E-state index contributed by atoms with van der Waals surface area (Å²) in [4.78, 5) is 14.5. The minimum Gasteiger partial charge on any atom is -0.457 e. The van der Waals surface area contributed by atoms with Crippen molar-refractivity contribution in [1.29, 1.82) is 0 Å². The van der Waals surface area contributed by atoms with Crippen LogP contribution < -0.4 is 5.32 Å². The molecule has 26 heavy (non-hydrogen) atoms. The van der Waals surface area contributed by atoms with Gasteiger partial charge in [0.2, 0.25) is 0 Å². The first-order chi connectivity index (χ1) is 12.4. The molecule has 2 atom stereocenters. The highest BCUT2D eigenvalue weighted by Gasteiger charge is 2.22. The topological polar surface area (TPSA) is 41.6 Å². The Morgan fingerprint density at radius 1 is 1.00 bits per heavy atom. The molecule has 2 rings (SSSR count). The van der Waals surface area contributed by atoms with Crippen LogP contribution in [0, 0.1) is 0 Å². The van der Waals surface area contributed by atoms with Gasteiger partial charge in [0.25, 0.3) is 0 Å². The van der Waals surface area contributed by atoms with Crippen molar-refractivity contribution >= 4 is 5.97 Å². The van der Waals surface area contributed by atoms with E-state index in [9.17, 15) is 4.79 Å². The smallest absolute Gasteiger partial charge is 0.338 e. The molecule has 4 heteroatoms. The van der Waals surface area contributed by atoms with Gasteiger partial charge in [0.15, 0.2) is 0 Å². The molecule has 0 saturated heterocycles. The van der Waals surface area contributed by atoms with Gasteiger partial charge in [-0.15, -0.1) is 0 Å². The van der Waals surface area contributed by atoms with Crippen LogP contribution >= 0.6 is 0 Å². The van der Waals surface area contributed by atoms with Crippen LogP contribution in [0.2, 0.25) is 0 Å². The minimum absolute atomic E-state index is 0.229. The molecule has 1 N–H and O–H groups in total. The Labute approximate surface area is 157 Å². The molecule has 0 bridgehead atoms. The number of ether oxygens (including phenoxy) is 1. The van der Waals surface area contributed by atoms with E-state index in [1.807, 2.05) is 54.6 Å². The first-order valence-electron chi connectivity index (χ1n) is 9.12. The third kappa shape index (κ3) is 5.68. The number of rotatable bonds is 8. The lowest BCUT2D eigenvalue weighted by Crippen LogP contribution is -2.42. The SMILES string of the molecule is CC(C)N[C@@H](C)[C@H](c1ccc(C(=O)OCc2ccccc2)cc1)N(C)C. The lowest BCUT2D eigenvalue weighted by Gasteiger charge is -2.32. The van der Waals surface area contributed by atoms with Gasteiger partial charge in [-0.2, -0.15) is 0 Å². The Morgan fingerprint density at radius 3 is 2.15 bits per heavy atom. The number of esters is 1. The molecule has 0 aliphatic heterocycles. The van der Waals surface area contributed by atoms with E-state index in [1.165, 1.54) is 5.56 Å². The van der Waals surface area contributed by atoms with Crippen molar-refractivity contribution in [2.75, 3.05) is 14.1 Å². The lowest BCUT2D eigenvalue weighted by atomic mass is 9.97. The highest BCUT2D eigenvalue weighted by molar-refractivity contribution is 5.89. The average molecular weight is 354 g/mol. The van der Waals surface area contributed by atoms with E-state index in [4.69, 9.17) is 4.74 Å². The standard InChI is InChI=1S/C22H30N2O2/c1-16(2)23-17(3)21(24(4)5)19-11-13-20(14-12-19)22(25)26-15-18-9-7-6-8-10-18/h6-14,16-17,21,23H,15H2,1-5H3/t17-,21+/m0/s1. The second kappa shape index (κ2) is 9.51. The van der Waals surface area contributed by atoms with Crippen LogP contribution in [0.5, 0.6) is 0 Å². The molecule has 0 unspecified atom stereocenters. The molecule has 2 aromatic carbocycles. The lowest BCUT2D eigenvalue weighted by molar-refractivity contribution is 0.0472. The zero-order chi connectivity index (χ0) is 19.1. The zero-order valence-corrected chi connectivity index (χ0v) is 16.4. The highest BCUT2D eigenvalue weighted by atomic mass is 16.5. The molecule has 0 amide bonds. The molecule has 4 nitrogen and oxygen atoms in total.